The van der Waals surface area contributed by atoms with Gasteiger partial charge in [0.15, 0.2) is 11.0 Å². The first-order valence-electron chi connectivity index (χ1n) is 12.1. The molecule has 0 saturated carbocycles. The van der Waals surface area contributed by atoms with Gasteiger partial charge < -0.3 is 19.7 Å². The Balaban J connectivity index is 1.34. The van der Waals surface area contributed by atoms with E-state index in [1.165, 1.54) is 17.4 Å². The molecule has 9 heteroatoms. The van der Waals surface area contributed by atoms with E-state index in [0.717, 1.165) is 18.7 Å². The van der Waals surface area contributed by atoms with Gasteiger partial charge in [-0.05, 0) is 38.1 Å². The molecular weight excluding hydrogens is 472 g/mol. The smallest absolute Gasteiger partial charge is 0.251 e. The first-order chi connectivity index (χ1) is 17.5. The van der Waals surface area contributed by atoms with Crippen molar-refractivity contribution in [2.75, 3.05) is 36.8 Å². The lowest BCUT2D eigenvalue weighted by molar-refractivity contribution is -0.128. The summed E-state index contributed by atoms with van der Waals surface area (Å²) >= 11 is 1.37. The van der Waals surface area contributed by atoms with Gasteiger partial charge in [-0.2, -0.15) is 0 Å². The van der Waals surface area contributed by atoms with Crippen LogP contribution >= 0.6 is 11.8 Å². The Bertz CT molecular complexity index is 1190. The Hall–Kier alpha value is -3.59. The van der Waals surface area contributed by atoms with Gasteiger partial charge in [0.25, 0.3) is 5.91 Å². The number of hydrogen-bond donors (Lipinski definition) is 1. The second-order valence-electron chi connectivity index (χ2n) is 8.79. The molecule has 1 atom stereocenters. The highest BCUT2D eigenvalue weighted by atomic mass is 32.2. The first-order valence-corrected chi connectivity index (χ1v) is 13.1. The molecular formula is C27H32N6O2S. The summed E-state index contributed by atoms with van der Waals surface area (Å²) in [5.41, 5.74) is 2.88. The number of anilines is 1. The summed E-state index contributed by atoms with van der Waals surface area (Å²) in [5.74, 6) is 0.824. The summed E-state index contributed by atoms with van der Waals surface area (Å²) < 4.78 is 1.90. The number of nitrogens with one attached hydrogen (secondary N) is 1. The molecule has 8 nitrogen and oxygen atoms in total. The van der Waals surface area contributed by atoms with Gasteiger partial charge in [0, 0.05) is 44.0 Å². The van der Waals surface area contributed by atoms with E-state index in [0.29, 0.717) is 36.2 Å². The van der Waals surface area contributed by atoms with Crippen LogP contribution in [0.5, 0.6) is 0 Å². The first kappa shape index (κ1) is 25.5. The van der Waals surface area contributed by atoms with Crippen LogP contribution in [-0.4, -0.2) is 63.4 Å². The maximum Gasteiger partial charge on any atom is 0.251 e. The Labute approximate surface area is 216 Å². The quantitative estimate of drug-likeness (QED) is 0.353. The number of thioether (sulfide) groups is 1. The van der Waals surface area contributed by atoms with Gasteiger partial charge in [0.2, 0.25) is 5.91 Å². The maximum atomic E-state index is 12.9. The predicted molar refractivity (Wildman–Crippen MR) is 143 cm³/mol. The minimum Gasteiger partial charge on any atom is -0.368 e. The number of rotatable bonds is 9. The largest absolute Gasteiger partial charge is 0.368 e. The number of allylic oxidation sites excluding steroid dienone is 1. The zero-order chi connectivity index (χ0) is 25.5. The molecule has 1 saturated heterocycles. The molecule has 1 aromatic heterocycles. The highest BCUT2D eigenvalue weighted by Crippen LogP contribution is 2.22. The van der Waals surface area contributed by atoms with Crippen molar-refractivity contribution in [3.8, 4) is 0 Å². The van der Waals surface area contributed by atoms with E-state index in [1.807, 2.05) is 53.6 Å². The molecule has 1 fully saturated rings. The average molecular weight is 505 g/mol. The van der Waals surface area contributed by atoms with Crippen molar-refractivity contribution in [1.29, 1.82) is 0 Å². The Morgan fingerprint density at radius 2 is 1.75 bits per heavy atom. The fraction of sp³-hybridized carbons (Fsp3) is 0.333. The molecule has 0 radical (unpaired) electrons. The molecule has 1 aliphatic rings. The van der Waals surface area contributed by atoms with Crippen LogP contribution < -0.4 is 10.2 Å². The van der Waals surface area contributed by atoms with Crippen LogP contribution in [0.1, 0.15) is 34.7 Å². The lowest BCUT2D eigenvalue weighted by Crippen LogP contribution is -2.49. The van der Waals surface area contributed by atoms with Gasteiger partial charge in [-0.1, -0.05) is 53.7 Å². The zero-order valence-electron chi connectivity index (χ0n) is 20.8. The third-order valence-electron chi connectivity index (χ3n) is 6.18. The molecule has 0 spiro atoms. The van der Waals surface area contributed by atoms with Crippen molar-refractivity contribution < 1.29 is 9.59 Å². The molecule has 0 bridgehead atoms. The van der Waals surface area contributed by atoms with Crippen LogP contribution in [0.2, 0.25) is 0 Å². The lowest BCUT2D eigenvalue weighted by Gasteiger charge is -2.36. The molecule has 2 heterocycles. The van der Waals surface area contributed by atoms with Gasteiger partial charge in [0.05, 0.1) is 11.8 Å². The van der Waals surface area contributed by atoms with Crippen molar-refractivity contribution in [3.05, 3.63) is 84.2 Å². The Kier molecular flexibility index (Phi) is 8.43. The topological polar surface area (TPSA) is 83.4 Å². The van der Waals surface area contributed by atoms with E-state index in [2.05, 4.69) is 39.1 Å². The number of aryl methyl sites for hydroxylation is 1. The number of para-hydroxylation sites is 1. The van der Waals surface area contributed by atoms with Gasteiger partial charge in [0.1, 0.15) is 0 Å². The fourth-order valence-electron chi connectivity index (χ4n) is 4.15. The van der Waals surface area contributed by atoms with E-state index in [4.69, 9.17) is 0 Å². The Morgan fingerprint density at radius 3 is 2.42 bits per heavy atom. The van der Waals surface area contributed by atoms with Crippen molar-refractivity contribution in [2.45, 2.75) is 31.6 Å². The number of piperazine rings is 1. The molecule has 2 aromatic carbocycles. The zero-order valence-corrected chi connectivity index (χ0v) is 21.6. The van der Waals surface area contributed by atoms with Crippen LogP contribution in [0.3, 0.4) is 0 Å². The third-order valence-corrected chi connectivity index (χ3v) is 7.14. The summed E-state index contributed by atoms with van der Waals surface area (Å²) in [6.07, 6.45) is 1.76. The number of amides is 2. The van der Waals surface area contributed by atoms with E-state index >= 15 is 0 Å². The highest BCUT2D eigenvalue weighted by Gasteiger charge is 2.24. The molecule has 1 aliphatic heterocycles. The van der Waals surface area contributed by atoms with Crippen LogP contribution in [0.15, 0.2) is 72.4 Å². The third kappa shape index (κ3) is 6.15. The maximum absolute atomic E-state index is 12.9. The molecule has 0 aliphatic carbocycles. The van der Waals surface area contributed by atoms with E-state index in [1.54, 1.807) is 18.2 Å². The van der Waals surface area contributed by atoms with Crippen molar-refractivity contribution in [1.82, 2.24) is 25.0 Å². The summed E-state index contributed by atoms with van der Waals surface area (Å²) in [5, 5.41) is 12.3. The molecule has 0 unspecified atom stereocenters. The van der Waals surface area contributed by atoms with Gasteiger partial charge in [-0.3, -0.25) is 9.59 Å². The minimum atomic E-state index is -0.359. The molecule has 2 amide bonds. The number of carbonyl (C=O) groups is 2. The van der Waals surface area contributed by atoms with Crippen LogP contribution in [0, 0.1) is 6.92 Å². The van der Waals surface area contributed by atoms with Crippen molar-refractivity contribution in [3.63, 3.8) is 0 Å². The standard InChI is InChI=1S/C27H32N6O2S/c1-4-14-33-25(21(3)28-26(35)22-12-10-20(2)11-13-22)29-30-27(33)36-19-24(34)32-17-15-31(16-18-32)23-8-6-5-7-9-23/h4-13,21H,1,14-19H2,2-3H3,(H,28,35)/t21-/m1/s1. The SMILES string of the molecule is C=CCn1c(SCC(=O)N2CCN(c3ccccc3)CC2)nnc1[C@@H](C)NC(=O)c1ccc(C)cc1. The minimum absolute atomic E-state index is 0.0862. The molecule has 1 N–H and O–H groups in total. The van der Waals surface area contributed by atoms with Gasteiger partial charge in [-0.25, -0.2) is 0 Å². The van der Waals surface area contributed by atoms with Gasteiger partial charge >= 0.3 is 0 Å². The number of hydrogen-bond acceptors (Lipinski definition) is 6. The predicted octanol–water partition coefficient (Wildman–Crippen LogP) is 3.70. The number of nitrogens with zero attached hydrogens (tertiary/aromatic N) is 5. The van der Waals surface area contributed by atoms with E-state index < -0.39 is 0 Å². The molecule has 4 rings (SSSR count). The number of carbonyl (C=O) groups excluding carboxylic acids is 2. The molecule has 3 aromatic rings. The summed E-state index contributed by atoms with van der Waals surface area (Å²) in [7, 11) is 0. The van der Waals surface area contributed by atoms with Crippen molar-refractivity contribution >= 4 is 29.3 Å². The second kappa shape index (κ2) is 11.9. The van der Waals surface area contributed by atoms with Crippen LogP contribution in [0.25, 0.3) is 0 Å². The molecule has 188 valence electrons. The average Bonchev–Trinajstić information content (AvgIpc) is 3.31. The Morgan fingerprint density at radius 1 is 1.06 bits per heavy atom. The second-order valence-corrected chi connectivity index (χ2v) is 9.74. The number of aromatic nitrogens is 3. The summed E-state index contributed by atoms with van der Waals surface area (Å²) in [4.78, 5) is 29.8. The fourth-order valence-corrected chi connectivity index (χ4v) is 5.01. The summed E-state index contributed by atoms with van der Waals surface area (Å²) in [6.45, 7) is 11.2. The van der Waals surface area contributed by atoms with Gasteiger partial charge in [-0.15, -0.1) is 16.8 Å². The lowest BCUT2D eigenvalue weighted by atomic mass is 10.1. The monoisotopic (exact) mass is 504 g/mol. The molecule has 36 heavy (non-hydrogen) atoms. The van der Waals surface area contributed by atoms with E-state index in [9.17, 15) is 9.59 Å². The van der Waals surface area contributed by atoms with Crippen molar-refractivity contribution in [2.24, 2.45) is 0 Å². The summed E-state index contributed by atoms with van der Waals surface area (Å²) in [6, 6.07) is 17.3. The van der Waals surface area contributed by atoms with E-state index in [-0.39, 0.29) is 23.6 Å². The van der Waals surface area contributed by atoms with Crippen LogP contribution in [-0.2, 0) is 11.3 Å². The number of benzene rings is 2. The normalized spacial score (nSPS) is 14.4. The van der Waals surface area contributed by atoms with Crippen LogP contribution in [0.4, 0.5) is 5.69 Å². The highest BCUT2D eigenvalue weighted by molar-refractivity contribution is 7.99.